The Morgan fingerprint density at radius 3 is 2.55 bits per heavy atom. The number of carbonyl (C=O) groups is 3. The number of carbonyl (C=O) groups excluding carboxylic acids is 3. The van der Waals surface area contributed by atoms with Crippen LogP contribution in [0.25, 0.3) is 10.1 Å². The standard InChI is InChI=1S/C28H16BrClN4O7S/c29-17-5-10-21(41-28(37)22-2-1-11-40-22)16(12-17)14-31-33-26(35)15-3-6-18(7-4-15)32-27(36)25-24(30)20-9-8-19(34(38)39)13-23(20)42-25/h1-14H,(H,32,36)(H,33,35)/b31-14-. The van der Waals surface area contributed by atoms with Gasteiger partial charge in [0.05, 0.1) is 22.4 Å². The van der Waals surface area contributed by atoms with E-state index in [0.29, 0.717) is 25.8 Å². The second-order valence-corrected chi connectivity index (χ2v) is 10.8. The summed E-state index contributed by atoms with van der Waals surface area (Å²) in [7, 11) is 0. The van der Waals surface area contributed by atoms with E-state index in [1.165, 1.54) is 61.0 Å². The third-order valence-electron chi connectivity index (χ3n) is 5.70. The van der Waals surface area contributed by atoms with Gasteiger partial charge in [0.1, 0.15) is 10.6 Å². The smallest absolute Gasteiger partial charge is 0.379 e. The molecule has 0 atom stereocenters. The van der Waals surface area contributed by atoms with E-state index in [2.05, 4.69) is 31.8 Å². The van der Waals surface area contributed by atoms with E-state index in [-0.39, 0.29) is 32.7 Å². The lowest BCUT2D eigenvalue weighted by molar-refractivity contribution is -0.384. The molecule has 11 nitrogen and oxygen atoms in total. The zero-order chi connectivity index (χ0) is 29.8. The molecule has 2 aromatic heterocycles. The van der Waals surface area contributed by atoms with Crippen LogP contribution in [0.5, 0.6) is 5.75 Å². The molecule has 0 unspecified atom stereocenters. The Morgan fingerprint density at radius 1 is 1.05 bits per heavy atom. The summed E-state index contributed by atoms with van der Waals surface area (Å²) in [6.45, 7) is 0. The molecule has 0 fully saturated rings. The summed E-state index contributed by atoms with van der Waals surface area (Å²) in [6, 6.07) is 18.2. The van der Waals surface area contributed by atoms with Crippen molar-refractivity contribution >= 4 is 84.3 Å². The van der Waals surface area contributed by atoms with E-state index < -0.39 is 22.7 Å². The predicted molar refractivity (Wildman–Crippen MR) is 161 cm³/mol. The van der Waals surface area contributed by atoms with Gasteiger partial charge in [0.15, 0.2) is 0 Å². The molecule has 2 amide bonds. The minimum atomic E-state index is -0.688. The van der Waals surface area contributed by atoms with Crippen molar-refractivity contribution in [1.82, 2.24) is 5.43 Å². The van der Waals surface area contributed by atoms with Gasteiger partial charge < -0.3 is 14.5 Å². The molecule has 3 aromatic carbocycles. The van der Waals surface area contributed by atoms with Crippen molar-refractivity contribution in [2.75, 3.05) is 5.32 Å². The fourth-order valence-electron chi connectivity index (χ4n) is 3.69. The highest BCUT2D eigenvalue weighted by Crippen LogP contribution is 2.37. The Kier molecular flexibility index (Phi) is 8.43. The Morgan fingerprint density at radius 2 is 1.83 bits per heavy atom. The maximum absolute atomic E-state index is 12.8. The molecule has 0 radical (unpaired) electrons. The Balaban J connectivity index is 1.22. The van der Waals surface area contributed by atoms with E-state index >= 15 is 0 Å². The van der Waals surface area contributed by atoms with E-state index in [9.17, 15) is 24.5 Å². The lowest BCUT2D eigenvalue weighted by Gasteiger charge is -2.07. The monoisotopic (exact) mass is 666 g/mol. The molecule has 2 heterocycles. The van der Waals surface area contributed by atoms with Gasteiger partial charge in [0.2, 0.25) is 5.76 Å². The first-order valence-corrected chi connectivity index (χ1v) is 13.8. The third kappa shape index (κ3) is 6.38. The number of halogens is 2. The van der Waals surface area contributed by atoms with Gasteiger partial charge in [-0.1, -0.05) is 27.5 Å². The van der Waals surface area contributed by atoms with Crippen LogP contribution in [-0.4, -0.2) is 28.9 Å². The first-order valence-electron chi connectivity index (χ1n) is 11.9. The normalized spacial score (nSPS) is 11.0. The Hall–Kier alpha value is -4.85. The number of anilines is 1. The van der Waals surface area contributed by atoms with Crippen LogP contribution in [0.2, 0.25) is 5.02 Å². The van der Waals surface area contributed by atoms with Crippen molar-refractivity contribution in [3.05, 3.63) is 120 Å². The number of hydrazone groups is 1. The molecule has 2 N–H and O–H groups in total. The van der Waals surface area contributed by atoms with Gasteiger partial charge in [-0.05, 0) is 60.7 Å². The second kappa shape index (κ2) is 12.3. The number of non-ortho nitro benzene ring substituents is 1. The highest BCUT2D eigenvalue weighted by atomic mass is 79.9. The van der Waals surface area contributed by atoms with Crippen LogP contribution in [-0.2, 0) is 0 Å². The molecule has 0 aliphatic heterocycles. The summed E-state index contributed by atoms with van der Waals surface area (Å²) >= 11 is 10.7. The van der Waals surface area contributed by atoms with Crippen LogP contribution in [0, 0.1) is 10.1 Å². The maximum atomic E-state index is 12.8. The number of fused-ring (bicyclic) bond motifs is 1. The van der Waals surface area contributed by atoms with Gasteiger partial charge in [0, 0.05) is 43.5 Å². The van der Waals surface area contributed by atoms with Gasteiger partial charge in [-0.25, -0.2) is 10.2 Å². The number of furan rings is 1. The van der Waals surface area contributed by atoms with Crippen LogP contribution >= 0.6 is 38.9 Å². The summed E-state index contributed by atoms with van der Waals surface area (Å²) in [5, 5.41) is 18.4. The summed E-state index contributed by atoms with van der Waals surface area (Å²) in [4.78, 5) is 48.4. The number of ether oxygens (including phenoxy) is 1. The minimum absolute atomic E-state index is 0.0342. The van der Waals surface area contributed by atoms with E-state index in [0.717, 1.165) is 11.3 Å². The predicted octanol–water partition coefficient (Wildman–Crippen LogP) is 7.05. The van der Waals surface area contributed by atoms with Crippen molar-refractivity contribution in [2.24, 2.45) is 5.10 Å². The number of rotatable bonds is 8. The molecular formula is C28H16BrClN4O7S. The molecule has 0 bridgehead atoms. The number of nitro benzene ring substituents is 1. The van der Waals surface area contributed by atoms with Crippen LogP contribution < -0.4 is 15.5 Å². The molecule has 0 spiro atoms. The van der Waals surface area contributed by atoms with Gasteiger partial charge in [0.25, 0.3) is 17.5 Å². The highest BCUT2D eigenvalue weighted by molar-refractivity contribution is 9.10. The summed E-state index contributed by atoms with van der Waals surface area (Å²) < 4.78 is 11.6. The van der Waals surface area contributed by atoms with Crippen molar-refractivity contribution in [3.63, 3.8) is 0 Å². The molecule has 0 saturated carbocycles. The van der Waals surface area contributed by atoms with Gasteiger partial charge in [-0.15, -0.1) is 11.3 Å². The molecule has 5 aromatic rings. The van der Waals surface area contributed by atoms with Gasteiger partial charge >= 0.3 is 5.97 Å². The Bertz CT molecular complexity index is 1870. The first kappa shape index (κ1) is 28.7. The first-order chi connectivity index (χ1) is 20.2. The molecule has 0 aliphatic rings. The number of nitro groups is 1. The van der Waals surface area contributed by atoms with Crippen molar-refractivity contribution in [3.8, 4) is 5.75 Å². The van der Waals surface area contributed by atoms with E-state index in [1.807, 2.05) is 0 Å². The average molecular weight is 668 g/mol. The minimum Gasteiger partial charge on any atom is -0.457 e. The number of nitrogens with one attached hydrogen (secondary N) is 2. The van der Waals surface area contributed by atoms with Gasteiger partial charge in [-0.3, -0.25) is 19.7 Å². The SMILES string of the molecule is O=C(N/N=C\c1cc(Br)ccc1OC(=O)c1ccco1)c1ccc(NC(=O)c2sc3cc([N+](=O)[O-])ccc3c2Cl)cc1. The zero-order valence-electron chi connectivity index (χ0n) is 21.0. The van der Waals surface area contributed by atoms with Crippen molar-refractivity contribution in [1.29, 1.82) is 0 Å². The van der Waals surface area contributed by atoms with Crippen LogP contribution in [0.1, 0.15) is 36.1 Å². The number of hydrogen-bond acceptors (Lipinski definition) is 9. The molecular weight excluding hydrogens is 652 g/mol. The maximum Gasteiger partial charge on any atom is 0.379 e. The fraction of sp³-hybridized carbons (Fsp3) is 0. The fourth-order valence-corrected chi connectivity index (χ4v) is 5.51. The number of benzene rings is 3. The lowest BCUT2D eigenvalue weighted by Crippen LogP contribution is -2.18. The number of amides is 2. The van der Waals surface area contributed by atoms with E-state index in [4.69, 9.17) is 20.8 Å². The number of thiophene rings is 1. The molecule has 5 rings (SSSR count). The molecule has 42 heavy (non-hydrogen) atoms. The van der Waals surface area contributed by atoms with Crippen molar-refractivity contribution < 1.29 is 28.5 Å². The summed E-state index contributed by atoms with van der Waals surface area (Å²) in [5.41, 5.74) is 3.37. The van der Waals surface area contributed by atoms with Crippen LogP contribution in [0.3, 0.4) is 0 Å². The average Bonchev–Trinajstić information content (AvgIpc) is 3.63. The topological polar surface area (TPSA) is 153 Å². The zero-order valence-corrected chi connectivity index (χ0v) is 24.2. The highest BCUT2D eigenvalue weighted by Gasteiger charge is 2.20. The summed E-state index contributed by atoms with van der Waals surface area (Å²) in [5.74, 6) is -1.47. The number of hydrogen-bond donors (Lipinski definition) is 2. The largest absolute Gasteiger partial charge is 0.457 e. The van der Waals surface area contributed by atoms with Crippen LogP contribution in [0.15, 0.2) is 93.1 Å². The lowest BCUT2D eigenvalue weighted by atomic mass is 10.2. The molecule has 0 saturated heterocycles. The van der Waals surface area contributed by atoms with E-state index in [1.54, 1.807) is 24.3 Å². The number of esters is 1. The summed E-state index contributed by atoms with van der Waals surface area (Å²) in [6.07, 6.45) is 2.68. The Labute approximate surface area is 254 Å². The number of nitrogens with zero attached hydrogens (tertiary/aromatic N) is 2. The second-order valence-electron chi connectivity index (χ2n) is 8.46. The molecule has 0 aliphatic carbocycles. The third-order valence-corrected chi connectivity index (χ3v) is 7.85. The molecule has 210 valence electrons. The van der Waals surface area contributed by atoms with Crippen molar-refractivity contribution in [2.45, 2.75) is 0 Å². The van der Waals surface area contributed by atoms with Crippen LogP contribution in [0.4, 0.5) is 11.4 Å². The quantitative estimate of drug-likeness (QED) is 0.0591. The van der Waals surface area contributed by atoms with Gasteiger partial charge in [-0.2, -0.15) is 5.10 Å². The molecule has 14 heteroatoms.